The van der Waals surface area contributed by atoms with Crippen molar-refractivity contribution in [3.05, 3.63) is 71.8 Å². The van der Waals surface area contributed by atoms with E-state index in [9.17, 15) is 14.0 Å². The van der Waals surface area contributed by atoms with Gasteiger partial charge in [-0.05, 0) is 67.6 Å². The van der Waals surface area contributed by atoms with Gasteiger partial charge in [0.1, 0.15) is 11.5 Å². The number of nitrogens with two attached hydrogens (primary N) is 1. The number of likely N-dealkylation sites (tertiary alicyclic amines) is 1. The second-order valence-electron chi connectivity index (χ2n) is 7.63. The van der Waals surface area contributed by atoms with E-state index in [2.05, 4.69) is 15.2 Å². The van der Waals surface area contributed by atoms with Crippen LogP contribution in [0.2, 0.25) is 0 Å². The Hall–Kier alpha value is -3.17. The molecule has 3 aromatic rings. The molecule has 0 spiro atoms. The monoisotopic (exact) mass is 453 g/mol. The lowest BCUT2D eigenvalue weighted by molar-refractivity contribution is -0.122. The third kappa shape index (κ3) is 4.68. The number of nitrogens with zero attached hydrogens (tertiary/aromatic N) is 3. The summed E-state index contributed by atoms with van der Waals surface area (Å²) in [5.74, 6) is -0.972. The number of rotatable bonds is 7. The molecule has 3 N–H and O–H groups in total. The summed E-state index contributed by atoms with van der Waals surface area (Å²) in [5, 5.41) is 3.55. The lowest BCUT2D eigenvalue weighted by Gasteiger charge is -2.22. The van der Waals surface area contributed by atoms with Crippen molar-refractivity contribution >= 4 is 29.3 Å². The van der Waals surface area contributed by atoms with Crippen LogP contribution >= 0.6 is 11.8 Å². The van der Waals surface area contributed by atoms with Gasteiger partial charge in [0.05, 0.1) is 12.2 Å². The molecule has 0 radical (unpaired) electrons. The van der Waals surface area contributed by atoms with Crippen molar-refractivity contribution in [2.45, 2.75) is 30.6 Å². The third-order valence-corrected chi connectivity index (χ3v) is 6.15. The van der Waals surface area contributed by atoms with Crippen LogP contribution in [0.25, 0.3) is 5.69 Å². The molecule has 1 aliphatic heterocycles. The molecular formula is C23H24FN5O2S. The van der Waals surface area contributed by atoms with Crippen molar-refractivity contribution in [2.75, 3.05) is 18.1 Å². The van der Waals surface area contributed by atoms with Crippen molar-refractivity contribution in [2.24, 2.45) is 5.73 Å². The first-order valence-electron chi connectivity index (χ1n) is 10.3. The van der Waals surface area contributed by atoms with Crippen LogP contribution in [0.3, 0.4) is 0 Å². The van der Waals surface area contributed by atoms with E-state index in [1.807, 2.05) is 30.5 Å². The summed E-state index contributed by atoms with van der Waals surface area (Å²) in [7, 11) is 0. The molecule has 2 aromatic carbocycles. The molecule has 1 aromatic heterocycles. The van der Waals surface area contributed by atoms with Crippen LogP contribution in [0, 0.1) is 5.82 Å². The maximum Gasteiger partial charge on any atom is 0.274 e. The number of carbonyl (C=O) groups is 2. The van der Waals surface area contributed by atoms with E-state index in [4.69, 9.17) is 5.73 Å². The quantitative estimate of drug-likeness (QED) is 0.535. The van der Waals surface area contributed by atoms with Gasteiger partial charge in [-0.1, -0.05) is 23.9 Å². The number of hydrogen-bond acceptors (Lipinski definition) is 5. The number of benzene rings is 2. The van der Waals surface area contributed by atoms with Crippen LogP contribution < -0.4 is 11.1 Å². The second kappa shape index (κ2) is 9.54. The van der Waals surface area contributed by atoms with Crippen LogP contribution in [0.1, 0.15) is 28.9 Å². The Bertz CT molecular complexity index is 1130. The summed E-state index contributed by atoms with van der Waals surface area (Å²) >= 11 is 1.40. The highest BCUT2D eigenvalue weighted by molar-refractivity contribution is 7.98. The van der Waals surface area contributed by atoms with E-state index in [1.54, 1.807) is 16.7 Å². The molecule has 0 bridgehead atoms. The number of thioether (sulfide) groups is 1. The zero-order valence-electron chi connectivity index (χ0n) is 17.6. The molecule has 7 nitrogen and oxygen atoms in total. The van der Waals surface area contributed by atoms with Crippen LogP contribution in [0.15, 0.2) is 59.9 Å². The summed E-state index contributed by atoms with van der Waals surface area (Å²) in [6.45, 7) is 1.40. The average Bonchev–Trinajstić information content (AvgIpc) is 3.41. The topological polar surface area (TPSA) is 93.2 Å². The summed E-state index contributed by atoms with van der Waals surface area (Å²) in [5.41, 5.74) is 8.13. The molecular weight excluding hydrogens is 429 g/mol. The van der Waals surface area contributed by atoms with Gasteiger partial charge in [-0.3, -0.25) is 19.1 Å². The summed E-state index contributed by atoms with van der Waals surface area (Å²) in [6.07, 6.45) is 5.09. The number of carbonyl (C=O) groups excluding carboxylic acids is 2. The highest BCUT2D eigenvalue weighted by Gasteiger charge is 2.28. The molecule has 1 fully saturated rings. The maximum atomic E-state index is 13.4. The van der Waals surface area contributed by atoms with E-state index >= 15 is 0 Å². The molecule has 1 unspecified atom stereocenters. The number of nitrogens with one attached hydrogen (secondary N) is 1. The van der Waals surface area contributed by atoms with Crippen molar-refractivity contribution in [1.82, 2.24) is 14.5 Å². The Morgan fingerprint density at radius 2 is 2.03 bits per heavy atom. The Labute approximate surface area is 189 Å². The van der Waals surface area contributed by atoms with Gasteiger partial charge in [-0.25, -0.2) is 9.37 Å². The molecule has 4 rings (SSSR count). The lowest BCUT2D eigenvalue weighted by atomic mass is 10.1. The molecule has 2 amide bonds. The number of primary amides is 1. The lowest BCUT2D eigenvalue weighted by Crippen LogP contribution is -2.39. The first-order chi connectivity index (χ1) is 15.5. The van der Waals surface area contributed by atoms with Gasteiger partial charge in [0, 0.05) is 17.9 Å². The minimum Gasteiger partial charge on any atom is -0.368 e. The number of amides is 2. The highest BCUT2D eigenvalue weighted by Crippen LogP contribution is 2.24. The van der Waals surface area contributed by atoms with Crippen LogP contribution in [0.5, 0.6) is 0 Å². The van der Waals surface area contributed by atoms with Gasteiger partial charge in [0.25, 0.3) is 5.91 Å². The predicted octanol–water partition coefficient (Wildman–Crippen LogP) is 3.44. The van der Waals surface area contributed by atoms with Crippen molar-refractivity contribution in [3.63, 3.8) is 0 Å². The predicted molar refractivity (Wildman–Crippen MR) is 122 cm³/mol. The fourth-order valence-corrected chi connectivity index (χ4v) is 4.54. The van der Waals surface area contributed by atoms with Gasteiger partial charge in [-0.2, -0.15) is 0 Å². The zero-order valence-corrected chi connectivity index (χ0v) is 18.4. The summed E-state index contributed by atoms with van der Waals surface area (Å²) in [4.78, 5) is 31.1. The van der Waals surface area contributed by atoms with Crippen LogP contribution in [-0.2, 0) is 11.3 Å². The number of imidazole rings is 1. The minimum atomic E-state index is -0.348. The van der Waals surface area contributed by atoms with Gasteiger partial charge in [0.15, 0.2) is 5.16 Å². The Morgan fingerprint density at radius 1 is 1.25 bits per heavy atom. The first kappa shape index (κ1) is 22.0. The van der Waals surface area contributed by atoms with Gasteiger partial charge < -0.3 is 11.1 Å². The third-order valence-electron chi connectivity index (χ3n) is 5.49. The number of aromatic nitrogens is 2. The maximum absolute atomic E-state index is 13.4. The normalized spacial score (nSPS) is 16.2. The minimum absolute atomic E-state index is 0.247. The Balaban J connectivity index is 1.54. The molecule has 1 aliphatic rings. The molecule has 9 heteroatoms. The fraction of sp³-hybridized carbons (Fsp3) is 0.261. The second-order valence-corrected chi connectivity index (χ2v) is 8.40. The van der Waals surface area contributed by atoms with E-state index in [0.717, 1.165) is 24.9 Å². The highest BCUT2D eigenvalue weighted by atomic mass is 32.2. The van der Waals surface area contributed by atoms with E-state index in [1.165, 1.54) is 30.1 Å². The van der Waals surface area contributed by atoms with Crippen molar-refractivity contribution in [1.29, 1.82) is 0 Å². The average molecular weight is 454 g/mol. The first-order valence-corrected chi connectivity index (χ1v) is 11.5. The largest absolute Gasteiger partial charge is 0.368 e. The molecule has 1 saturated heterocycles. The molecule has 166 valence electrons. The van der Waals surface area contributed by atoms with E-state index in [0.29, 0.717) is 28.8 Å². The smallest absolute Gasteiger partial charge is 0.274 e. The Morgan fingerprint density at radius 3 is 2.75 bits per heavy atom. The summed E-state index contributed by atoms with van der Waals surface area (Å²) in [6, 6.07) is 13.2. The van der Waals surface area contributed by atoms with Gasteiger partial charge >= 0.3 is 0 Å². The number of anilines is 1. The standard InChI is InChI=1S/C23H24FN5O2S/c1-32-23-26-13-20(29(23)18-9-7-16(24)8-10-18)22(31)27-17-5-2-4-15(12-17)14-28-11-3-6-19(28)21(25)30/h2,4-5,7-10,12-13,19H,3,6,11,14H2,1H3,(H2,25,30)(H,27,31). The molecule has 2 heterocycles. The van der Waals surface area contributed by atoms with E-state index < -0.39 is 0 Å². The van der Waals surface area contributed by atoms with Crippen LogP contribution in [-0.4, -0.2) is 45.1 Å². The fourth-order valence-electron chi connectivity index (χ4n) is 3.99. The number of hydrogen-bond donors (Lipinski definition) is 2. The molecule has 1 atom stereocenters. The van der Waals surface area contributed by atoms with Crippen molar-refractivity contribution < 1.29 is 14.0 Å². The SMILES string of the molecule is CSc1ncc(C(=O)Nc2cccc(CN3CCCC3C(N)=O)c2)n1-c1ccc(F)cc1. The van der Waals surface area contributed by atoms with Gasteiger partial charge in [-0.15, -0.1) is 0 Å². The zero-order chi connectivity index (χ0) is 22.7. The molecule has 32 heavy (non-hydrogen) atoms. The van der Waals surface area contributed by atoms with Crippen molar-refractivity contribution in [3.8, 4) is 5.69 Å². The molecule has 0 saturated carbocycles. The molecule has 0 aliphatic carbocycles. The van der Waals surface area contributed by atoms with Crippen LogP contribution in [0.4, 0.5) is 10.1 Å². The number of halogens is 1. The Kier molecular flexibility index (Phi) is 6.57. The van der Waals surface area contributed by atoms with E-state index in [-0.39, 0.29) is 23.7 Å². The van der Waals surface area contributed by atoms with Gasteiger partial charge in [0.2, 0.25) is 5.91 Å². The summed E-state index contributed by atoms with van der Waals surface area (Å²) < 4.78 is 15.1.